The summed E-state index contributed by atoms with van der Waals surface area (Å²) in [5.41, 5.74) is 6.71. The van der Waals surface area contributed by atoms with Crippen molar-refractivity contribution in [2.75, 3.05) is 0 Å². The van der Waals surface area contributed by atoms with E-state index in [1.165, 1.54) is 33.4 Å². The fourth-order valence-electron chi connectivity index (χ4n) is 7.06. The number of ether oxygens (including phenoxy) is 1. The van der Waals surface area contributed by atoms with E-state index in [1.54, 1.807) is 0 Å². The molecule has 43 heavy (non-hydrogen) atoms. The van der Waals surface area contributed by atoms with E-state index in [0.29, 0.717) is 6.42 Å². The van der Waals surface area contributed by atoms with Gasteiger partial charge in [0.2, 0.25) is 0 Å². The van der Waals surface area contributed by atoms with Crippen molar-refractivity contribution in [3.63, 3.8) is 0 Å². The summed E-state index contributed by atoms with van der Waals surface area (Å²) in [5, 5.41) is 20.4. The SMILES string of the molecule is CC1=C(/C=C/C(C)=C/C=C/C(C)=C/C=C/C=C(C)/C=C/C=C(C)\C=C\[C@@]23O[C@]2(C)C[C@H](O)CC3(C)C)C(C)(C)C[C@H](O)C1. The van der Waals surface area contributed by atoms with E-state index < -0.39 is 0 Å². The standard InChI is InChI=1S/C40H56O3/c1-29(17-13-19-31(3)21-22-36-33(5)25-34(41)26-37(36,6)7)15-11-12-16-30(2)18-14-20-32(4)23-24-40-38(8,9)27-35(42)28-39(40,10)43-40/h11-24,34-35,41-42H,25-28H2,1-10H3/b12-11+,17-13+,18-14+,22-21+,24-23+,29-15+,30-16+,31-19+,32-20-/t34-,35-,39-,40+/m1/s1. The van der Waals surface area contributed by atoms with Crippen molar-refractivity contribution >= 4 is 0 Å². The molecule has 1 saturated heterocycles. The van der Waals surface area contributed by atoms with Crippen LogP contribution in [0.5, 0.6) is 0 Å². The summed E-state index contributed by atoms with van der Waals surface area (Å²) in [5.74, 6) is 0. The molecule has 3 nitrogen and oxygen atoms in total. The minimum absolute atomic E-state index is 0.00262. The Labute approximate surface area is 262 Å². The lowest BCUT2D eigenvalue weighted by atomic mass is 9.63. The predicted octanol–water partition coefficient (Wildman–Crippen LogP) is 9.76. The van der Waals surface area contributed by atoms with Crippen LogP contribution in [-0.2, 0) is 4.74 Å². The Bertz CT molecular complexity index is 1330. The van der Waals surface area contributed by atoms with Crippen LogP contribution in [0.2, 0.25) is 0 Å². The predicted molar refractivity (Wildman–Crippen MR) is 184 cm³/mol. The molecule has 3 aliphatic rings. The molecule has 0 spiro atoms. The Morgan fingerprint density at radius 3 is 1.72 bits per heavy atom. The maximum absolute atomic E-state index is 10.2. The summed E-state index contributed by atoms with van der Waals surface area (Å²) < 4.78 is 6.25. The maximum atomic E-state index is 10.2. The largest absolute Gasteiger partial charge is 0.393 e. The molecule has 234 valence electrons. The Balaban J connectivity index is 1.50. The van der Waals surface area contributed by atoms with Gasteiger partial charge in [0.1, 0.15) is 11.2 Å². The molecule has 2 fully saturated rings. The topological polar surface area (TPSA) is 53.0 Å². The fraction of sp³-hybridized carbons (Fsp3) is 0.500. The van der Waals surface area contributed by atoms with Gasteiger partial charge in [-0.15, -0.1) is 0 Å². The Hall–Kier alpha value is -2.72. The van der Waals surface area contributed by atoms with Crippen LogP contribution in [0.3, 0.4) is 0 Å². The lowest BCUT2D eigenvalue weighted by molar-refractivity contribution is 0.0515. The number of rotatable bonds is 10. The van der Waals surface area contributed by atoms with Gasteiger partial charge in [-0.1, -0.05) is 135 Å². The normalized spacial score (nSPS) is 32.3. The number of hydrogen-bond acceptors (Lipinski definition) is 3. The molecule has 3 heteroatoms. The second-order valence-electron chi connectivity index (χ2n) is 14.6. The van der Waals surface area contributed by atoms with Gasteiger partial charge in [0.05, 0.1) is 12.2 Å². The van der Waals surface area contributed by atoms with Gasteiger partial charge in [0.25, 0.3) is 0 Å². The molecular formula is C40H56O3. The second-order valence-corrected chi connectivity index (χ2v) is 14.6. The number of fused-ring (bicyclic) bond motifs is 1. The summed E-state index contributed by atoms with van der Waals surface area (Å²) in [6, 6.07) is 0. The molecule has 0 aromatic rings. The third-order valence-corrected chi connectivity index (χ3v) is 9.34. The minimum atomic E-state index is -0.291. The van der Waals surface area contributed by atoms with Gasteiger partial charge in [-0.05, 0) is 77.9 Å². The molecule has 1 heterocycles. The molecule has 1 saturated carbocycles. The summed E-state index contributed by atoms with van der Waals surface area (Å²) in [4.78, 5) is 0. The van der Waals surface area contributed by atoms with Crippen LogP contribution in [0.25, 0.3) is 0 Å². The van der Waals surface area contributed by atoms with Gasteiger partial charge in [0.15, 0.2) is 0 Å². The van der Waals surface area contributed by atoms with E-state index in [0.717, 1.165) is 19.3 Å². The van der Waals surface area contributed by atoms with Gasteiger partial charge in [-0.25, -0.2) is 0 Å². The summed E-state index contributed by atoms with van der Waals surface area (Å²) in [7, 11) is 0. The molecule has 0 bridgehead atoms. The third kappa shape index (κ3) is 8.91. The highest BCUT2D eigenvalue weighted by atomic mass is 16.6. The molecule has 2 aliphatic carbocycles. The van der Waals surface area contributed by atoms with E-state index >= 15 is 0 Å². The van der Waals surface area contributed by atoms with E-state index in [-0.39, 0.29) is 34.2 Å². The van der Waals surface area contributed by atoms with E-state index in [2.05, 4.69) is 154 Å². The smallest absolute Gasteiger partial charge is 0.121 e. The quantitative estimate of drug-likeness (QED) is 0.198. The molecular weight excluding hydrogens is 528 g/mol. The molecule has 1 aliphatic heterocycles. The Kier molecular flexibility index (Phi) is 11.3. The first-order valence-electron chi connectivity index (χ1n) is 15.9. The third-order valence-electron chi connectivity index (χ3n) is 9.34. The lowest BCUT2D eigenvalue weighted by Gasteiger charge is -2.39. The van der Waals surface area contributed by atoms with Crippen LogP contribution in [0.4, 0.5) is 0 Å². The maximum Gasteiger partial charge on any atom is 0.121 e. The average Bonchev–Trinajstić information content (AvgIpc) is 3.49. The van der Waals surface area contributed by atoms with Gasteiger partial charge in [-0.2, -0.15) is 0 Å². The van der Waals surface area contributed by atoms with Crippen LogP contribution < -0.4 is 0 Å². The van der Waals surface area contributed by atoms with Crippen LogP contribution in [0, 0.1) is 10.8 Å². The van der Waals surface area contributed by atoms with E-state index in [4.69, 9.17) is 4.74 Å². The minimum Gasteiger partial charge on any atom is -0.393 e. The van der Waals surface area contributed by atoms with Crippen LogP contribution in [0.15, 0.2) is 119 Å². The number of aliphatic hydroxyl groups excluding tert-OH is 2. The van der Waals surface area contributed by atoms with Crippen molar-refractivity contribution in [2.45, 2.75) is 118 Å². The highest BCUT2D eigenvalue weighted by Gasteiger charge is 2.74. The highest BCUT2D eigenvalue weighted by Crippen LogP contribution is 2.66. The van der Waals surface area contributed by atoms with E-state index in [1.807, 2.05) is 0 Å². The number of aliphatic hydroxyl groups is 2. The van der Waals surface area contributed by atoms with Crippen molar-refractivity contribution in [3.05, 3.63) is 119 Å². The average molecular weight is 585 g/mol. The van der Waals surface area contributed by atoms with E-state index in [9.17, 15) is 10.2 Å². The summed E-state index contributed by atoms with van der Waals surface area (Å²) in [6.07, 6.45) is 32.3. The second kappa shape index (κ2) is 13.9. The van der Waals surface area contributed by atoms with Gasteiger partial charge in [0, 0.05) is 11.8 Å². The number of allylic oxidation sites excluding steroid dienone is 18. The van der Waals surface area contributed by atoms with Crippen LogP contribution >= 0.6 is 0 Å². The monoisotopic (exact) mass is 584 g/mol. The summed E-state index contributed by atoms with van der Waals surface area (Å²) >= 11 is 0. The zero-order valence-corrected chi connectivity index (χ0v) is 28.4. The zero-order chi connectivity index (χ0) is 32.1. The zero-order valence-electron chi connectivity index (χ0n) is 28.4. The van der Waals surface area contributed by atoms with Crippen molar-refractivity contribution in [2.24, 2.45) is 10.8 Å². The van der Waals surface area contributed by atoms with Crippen molar-refractivity contribution in [1.82, 2.24) is 0 Å². The lowest BCUT2D eigenvalue weighted by Crippen LogP contribution is -2.46. The molecule has 0 amide bonds. The first-order chi connectivity index (χ1) is 20.0. The van der Waals surface area contributed by atoms with Crippen LogP contribution in [0.1, 0.15) is 94.9 Å². The highest BCUT2D eigenvalue weighted by molar-refractivity contribution is 5.39. The fourth-order valence-corrected chi connectivity index (χ4v) is 7.06. The number of hydrogen-bond donors (Lipinski definition) is 2. The van der Waals surface area contributed by atoms with Gasteiger partial charge < -0.3 is 14.9 Å². The molecule has 0 unspecified atom stereocenters. The molecule has 2 N–H and O–H groups in total. The van der Waals surface area contributed by atoms with Crippen molar-refractivity contribution in [1.29, 1.82) is 0 Å². The van der Waals surface area contributed by atoms with Crippen molar-refractivity contribution < 1.29 is 14.9 Å². The molecule has 4 atom stereocenters. The molecule has 0 aromatic heterocycles. The van der Waals surface area contributed by atoms with Crippen molar-refractivity contribution in [3.8, 4) is 0 Å². The van der Waals surface area contributed by atoms with Crippen LogP contribution in [-0.4, -0.2) is 33.6 Å². The first kappa shape index (κ1) is 34.8. The molecule has 0 radical (unpaired) electrons. The summed E-state index contributed by atoms with van der Waals surface area (Å²) in [6.45, 7) is 21.5. The Morgan fingerprint density at radius 2 is 1.19 bits per heavy atom. The van der Waals surface area contributed by atoms with Gasteiger partial charge in [-0.3, -0.25) is 0 Å². The first-order valence-corrected chi connectivity index (χ1v) is 15.9. The number of epoxide rings is 1. The molecule has 3 rings (SSSR count). The molecule has 0 aromatic carbocycles. The Morgan fingerprint density at radius 1 is 0.674 bits per heavy atom. The van der Waals surface area contributed by atoms with Gasteiger partial charge >= 0.3 is 0 Å².